The van der Waals surface area contributed by atoms with Crippen molar-refractivity contribution in [3.8, 4) is 0 Å². The minimum atomic E-state index is 0.416. The van der Waals surface area contributed by atoms with Gasteiger partial charge in [-0.3, -0.25) is 0 Å². The van der Waals surface area contributed by atoms with Gasteiger partial charge < -0.3 is 15.0 Å². The van der Waals surface area contributed by atoms with E-state index >= 15 is 0 Å². The summed E-state index contributed by atoms with van der Waals surface area (Å²) in [5.74, 6) is 0. The molecule has 1 aromatic carbocycles. The first kappa shape index (κ1) is 14.5. The first-order valence-electron chi connectivity index (χ1n) is 7.33. The Morgan fingerprint density at radius 2 is 2.16 bits per heavy atom. The van der Waals surface area contributed by atoms with E-state index in [0.29, 0.717) is 12.1 Å². The van der Waals surface area contributed by atoms with Crippen molar-refractivity contribution in [1.29, 1.82) is 0 Å². The molecule has 2 atom stereocenters. The van der Waals surface area contributed by atoms with E-state index in [4.69, 9.17) is 4.74 Å². The lowest BCUT2D eigenvalue weighted by Crippen LogP contribution is -2.40. The zero-order valence-electron chi connectivity index (χ0n) is 12.1. The summed E-state index contributed by atoms with van der Waals surface area (Å²) < 4.78 is 5.69. The molecule has 1 fully saturated rings. The SMILES string of the molecule is CC(NCCN(C)Cc1ccccc1)C1CCCO1. The molecule has 1 N–H and O–H groups in total. The molecule has 0 spiro atoms. The van der Waals surface area contributed by atoms with Crippen LogP contribution in [0.15, 0.2) is 30.3 Å². The molecule has 2 unspecified atom stereocenters. The second kappa shape index (κ2) is 7.63. The number of nitrogens with zero attached hydrogens (tertiary/aromatic N) is 1. The number of benzene rings is 1. The van der Waals surface area contributed by atoms with Crippen molar-refractivity contribution in [2.24, 2.45) is 0 Å². The van der Waals surface area contributed by atoms with Crippen molar-refractivity contribution in [3.63, 3.8) is 0 Å². The van der Waals surface area contributed by atoms with Crippen molar-refractivity contribution < 1.29 is 4.74 Å². The van der Waals surface area contributed by atoms with Crippen LogP contribution in [0.4, 0.5) is 0 Å². The Labute approximate surface area is 116 Å². The van der Waals surface area contributed by atoms with E-state index in [-0.39, 0.29) is 0 Å². The smallest absolute Gasteiger partial charge is 0.0726 e. The topological polar surface area (TPSA) is 24.5 Å². The fourth-order valence-electron chi connectivity index (χ4n) is 2.59. The molecule has 0 aliphatic carbocycles. The molecule has 3 heteroatoms. The third-order valence-corrected chi connectivity index (χ3v) is 3.78. The minimum Gasteiger partial charge on any atom is -0.377 e. The Hall–Kier alpha value is -0.900. The number of ether oxygens (including phenoxy) is 1. The first-order valence-corrected chi connectivity index (χ1v) is 7.33. The van der Waals surface area contributed by atoms with Gasteiger partial charge in [-0.2, -0.15) is 0 Å². The molecule has 1 aliphatic rings. The van der Waals surface area contributed by atoms with Crippen LogP contribution in [0.5, 0.6) is 0 Å². The van der Waals surface area contributed by atoms with E-state index in [1.165, 1.54) is 18.4 Å². The Balaban J connectivity index is 1.62. The van der Waals surface area contributed by atoms with Gasteiger partial charge in [0.05, 0.1) is 6.10 Å². The Kier molecular flexibility index (Phi) is 5.83. The van der Waals surface area contributed by atoms with Crippen molar-refractivity contribution in [2.45, 2.75) is 38.5 Å². The van der Waals surface area contributed by atoms with Crippen molar-refractivity contribution >= 4 is 0 Å². The summed E-state index contributed by atoms with van der Waals surface area (Å²) in [5.41, 5.74) is 1.37. The fraction of sp³-hybridized carbons (Fsp3) is 0.625. The van der Waals surface area contributed by atoms with Crippen LogP contribution >= 0.6 is 0 Å². The van der Waals surface area contributed by atoms with Gasteiger partial charge in [-0.15, -0.1) is 0 Å². The molecule has 2 rings (SSSR count). The average Bonchev–Trinajstić information content (AvgIpc) is 2.93. The van der Waals surface area contributed by atoms with Gasteiger partial charge in [-0.1, -0.05) is 30.3 Å². The Morgan fingerprint density at radius 3 is 2.84 bits per heavy atom. The summed E-state index contributed by atoms with van der Waals surface area (Å²) in [5, 5.41) is 3.57. The van der Waals surface area contributed by atoms with Crippen LogP contribution in [0.2, 0.25) is 0 Å². The van der Waals surface area contributed by atoms with E-state index in [2.05, 4.69) is 54.5 Å². The van der Waals surface area contributed by atoms with E-state index < -0.39 is 0 Å². The third kappa shape index (κ3) is 4.94. The average molecular weight is 262 g/mol. The highest BCUT2D eigenvalue weighted by Gasteiger charge is 2.21. The number of hydrogen-bond acceptors (Lipinski definition) is 3. The largest absolute Gasteiger partial charge is 0.377 e. The van der Waals surface area contributed by atoms with E-state index in [1.807, 2.05) is 0 Å². The maximum Gasteiger partial charge on any atom is 0.0726 e. The molecule has 1 heterocycles. The van der Waals surface area contributed by atoms with Gasteiger partial charge in [0.25, 0.3) is 0 Å². The monoisotopic (exact) mass is 262 g/mol. The van der Waals surface area contributed by atoms with E-state index in [9.17, 15) is 0 Å². The predicted octanol–water partition coefficient (Wildman–Crippen LogP) is 2.28. The minimum absolute atomic E-state index is 0.416. The molecule has 0 bridgehead atoms. The lowest BCUT2D eigenvalue weighted by Gasteiger charge is -2.22. The number of nitrogens with one attached hydrogen (secondary N) is 1. The van der Waals surface area contributed by atoms with Crippen molar-refractivity contribution in [1.82, 2.24) is 10.2 Å². The van der Waals surface area contributed by atoms with Crippen LogP contribution in [0, 0.1) is 0 Å². The summed E-state index contributed by atoms with van der Waals surface area (Å²) in [4.78, 5) is 2.35. The number of hydrogen-bond donors (Lipinski definition) is 1. The summed E-state index contributed by atoms with van der Waals surface area (Å²) in [6.45, 7) is 6.25. The van der Waals surface area contributed by atoms with Crippen LogP contribution < -0.4 is 5.32 Å². The van der Waals surface area contributed by atoms with Gasteiger partial charge in [-0.25, -0.2) is 0 Å². The highest BCUT2D eigenvalue weighted by molar-refractivity contribution is 5.14. The molecule has 0 saturated carbocycles. The zero-order valence-corrected chi connectivity index (χ0v) is 12.1. The lowest BCUT2D eigenvalue weighted by atomic mass is 10.1. The zero-order chi connectivity index (χ0) is 13.5. The molecule has 1 saturated heterocycles. The highest BCUT2D eigenvalue weighted by atomic mass is 16.5. The van der Waals surface area contributed by atoms with Gasteiger partial charge in [0.2, 0.25) is 0 Å². The molecular formula is C16H26N2O. The molecule has 0 radical (unpaired) electrons. The van der Waals surface area contributed by atoms with Gasteiger partial charge in [0.15, 0.2) is 0 Å². The van der Waals surface area contributed by atoms with Crippen molar-refractivity contribution in [3.05, 3.63) is 35.9 Å². The van der Waals surface area contributed by atoms with Gasteiger partial charge in [0.1, 0.15) is 0 Å². The lowest BCUT2D eigenvalue weighted by molar-refractivity contribution is 0.0829. The van der Waals surface area contributed by atoms with Crippen molar-refractivity contribution in [2.75, 3.05) is 26.7 Å². The summed E-state index contributed by atoms with van der Waals surface area (Å²) in [6, 6.07) is 11.1. The number of rotatable bonds is 7. The molecule has 19 heavy (non-hydrogen) atoms. The molecule has 3 nitrogen and oxygen atoms in total. The highest BCUT2D eigenvalue weighted by Crippen LogP contribution is 2.15. The molecular weight excluding hydrogens is 236 g/mol. The summed E-state index contributed by atoms with van der Waals surface area (Å²) in [7, 11) is 2.17. The van der Waals surface area contributed by atoms with Gasteiger partial charge in [-0.05, 0) is 32.4 Å². The maximum atomic E-state index is 5.69. The first-order chi connectivity index (χ1) is 9.25. The van der Waals surface area contributed by atoms with E-state index in [0.717, 1.165) is 26.2 Å². The maximum absolute atomic E-state index is 5.69. The molecule has 1 aliphatic heterocycles. The normalized spacial score (nSPS) is 20.9. The molecule has 106 valence electrons. The van der Waals surface area contributed by atoms with Gasteiger partial charge >= 0.3 is 0 Å². The third-order valence-electron chi connectivity index (χ3n) is 3.78. The van der Waals surface area contributed by atoms with Crippen LogP contribution in [-0.2, 0) is 11.3 Å². The quantitative estimate of drug-likeness (QED) is 0.816. The molecule has 0 amide bonds. The molecule has 1 aromatic rings. The van der Waals surface area contributed by atoms with Crippen LogP contribution in [-0.4, -0.2) is 43.8 Å². The summed E-state index contributed by atoms with van der Waals surface area (Å²) in [6.07, 6.45) is 2.83. The molecule has 0 aromatic heterocycles. The summed E-state index contributed by atoms with van der Waals surface area (Å²) >= 11 is 0. The second-order valence-electron chi connectivity index (χ2n) is 5.52. The van der Waals surface area contributed by atoms with E-state index in [1.54, 1.807) is 0 Å². The van der Waals surface area contributed by atoms with Crippen LogP contribution in [0.25, 0.3) is 0 Å². The van der Waals surface area contributed by atoms with Crippen LogP contribution in [0.3, 0.4) is 0 Å². The fourth-order valence-corrected chi connectivity index (χ4v) is 2.59. The van der Waals surface area contributed by atoms with Crippen LogP contribution in [0.1, 0.15) is 25.3 Å². The number of likely N-dealkylation sites (N-methyl/N-ethyl adjacent to an activating group) is 1. The second-order valence-corrected chi connectivity index (χ2v) is 5.52. The van der Waals surface area contributed by atoms with Gasteiger partial charge in [0, 0.05) is 32.3 Å². The Morgan fingerprint density at radius 1 is 1.37 bits per heavy atom. The Bertz CT molecular complexity index is 349. The predicted molar refractivity (Wildman–Crippen MR) is 79.2 cm³/mol. The standard InChI is InChI=1S/C16H26N2O/c1-14(16-9-6-12-19-16)17-10-11-18(2)13-15-7-4-3-5-8-15/h3-5,7-8,14,16-17H,6,9-13H2,1-2H3.